The average molecular weight is 353 g/mol. The summed E-state index contributed by atoms with van der Waals surface area (Å²) in [4.78, 5) is 1.33. The highest BCUT2D eigenvalue weighted by atomic mass is 32.2. The van der Waals surface area contributed by atoms with Crippen LogP contribution in [0.2, 0.25) is 0 Å². The second kappa shape index (κ2) is 11.9. The van der Waals surface area contributed by atoms with Gasteiger partial charge < -0.3 is 9.84 Å². The first-order valence-electron chi connectivity index (χ1n) is 9.56. The normalized spacial score (nSPS) is 13.2. The fourth-order valence-electron chi connectivity index (χ4n) is 2.89. The zero-order chi connectivity index (χ0) is 17.8. The van der Waals surface area contributed by atoms with Crippen molar-refractivity contribution >= 4 is 11.8 Å². The van der Waals surface area contributed by atoms with Crippen molar-refractivity contribution < 1.29 is 9.84 Å². The molecular weight excluding hydrogens is 316 g/mol. The molecule has 0 fully saturated rings. The number of hydrogen-bond donors (Lipinski definition) is 1. The van der Waals surface area contributed by atoms with Crippen LogP contribution in [0.15, 0.2) is 29.2 Å². The number of ether oxygens (including phenoxy) is 1. The fraction of sp³-hybridized carbons (Fsp3) is 0.714. The highest BCUT2D eigenvalue weighted by molar-refractivity contribution is 7.99. The number of aryl methyl sites for hydroxylation is 1. The van der Waals surface area contributed by atoms with Gasteiger partial charge in [0.15, 0.2) is 5.79 Å². The molecule has 0 bridgehead atoms. The average Bonchev–Trinajstić information content (AvgIpc) is 2.52. The third-order valence-corrected chi connectivity index (χ3v) is 4.97. The molecule has 0 radical (unpaired) electrons. The first kappa shape index (κ1) is 21.5. The number of unbranched alkanes of at least 4 members (excludes halogenated alkanes) is 4. The summed E-state index contributed by atoms with van der Waals surface area (Å²) in [6.07, 6.45) is 9.51. The molecule has 0 aliphatic heterocycles. The van der Waals surface area contributed by atoms with E-state index in [0.717, 1.165) is 25.0 Å². The maximum atomic E-state index is 10.00. The van der Waals surface area contributed by atoms with Gasteiger partial charge in [-0.25, -0.2) is 0 Å². The Morgan fingerprint density at radius 3 is 2.25 bits per heavy atom. The van der Waals surface area contributed by atoms with Crippen molar-refractivity contribution in [2.75, 3.05) is 5.75 Å². The van der Waals surface area contributed by atoms with E-state index in [2.05, 4.69) is 38.1 Å². The lowest BCUT2D eigenvalue weighted by Gasteiger charge is -2.26. The van der Waals surface area contributed by atoms with Crippen LogP contribution in [0.1, 0.15) is 78.2 Å². The number of rotatable bonds is 13. The van der Waals surface area contributed by atoms with Crippen molar-refractivity contribution in [1.82, 2.24) is 0 Å². The Hall–Kier alpha value is -0.510. The lowest BCUT2D eigenvalue weighted by atomic mass is 10.0. The highest BCUT2D eigenvalue weighted by Gasteiger charge is 2.20. The number of benzene rings is 1. The van der Waals surface area contributed by atoms with E-state index in [4.69, 9.17) is 4.74 Å². The van der Waals surface area contributed by atoms with Gasteiger partial charge in [-0.3, -0.25) is 0 Å². The zero-order valence-corrected chi connectivity index (χ0v) is 16.8. The standard InChI is InChI=1S/C21H36O2S/c1-5-7-8-9-10-11-19(23-21(3,4)22)15-12-18-13-16-20(17-14-18)24-6-2/h13-14,16-17,19,22H,5-12,15H2,1-4H3. The lowest BCUT2D eigenvalue weighted by molar-refractivity contribution is -0.208. The first-order valence-corrected chi connectivity index (χ1v) is 10.5. The van der Waals surface area contributed by atoms with Crippen LogP contribution in [0.25, 0.3) is 0 Å². The summed E-state index contributed by atoms with van der Waals surface area (Å²) >= 11 is 1.88. The van der Waals surface area contributed by atoms with Crippen LogP contribution in [0.4, 0.5) is 0 Å². The van der Waals surface area contributed by atoms with Crippen molar-refractivity contribution in [2.24, 2.45) is 0 Å². The number of aliphatic hydroxyl groups is 1. The Balaban J connectivity index is 2.44. The quantitative estimate of drug-likeness (QED) is 0.260. The largest absolute Gasteiger partial charge is 0.366 e. The summed E-state index contributed by atoms with van der Waals surface area (Å²) in [6, 6.07) is 8.86. The Bertz CT molecular complexity index is 422. The van der Waals surface area contributed by atoms with E-state index in [0.29, 0.717) is 0 Å². The predicted octanol–water partition coefficient (Wildman–Crippen LogP) is 6.21. The molecule has 0 saturated carbocycles. The summed E-state index contributed by atoms with van der Waals surface area (Å²) in [6.45, 7) is 7.88. The van der Waals surface area contributed by atoms with E-state index in [-0.39, 0.29) is 6.10 Å². The minimum absolute atomic E-state index is 0.135. The maximum Gasteiger partial charge on any atom is 0.160 e. The van der Waals surface area contributed by atoms with Gasteiger partial charge in [0.2, 0.25) is 0 Å². The molecular formula is C21H36O2S. The van der Waals surface area contributed by atoms with Gasteiger partial charge in [0.25, 0.3) is 0 Å². The molecule has 2 nitrogen and oxygen atoms in total. The highest BCUT2D eigenvalue weighted by Crippen LogP contribution is 2.21. The van der Waals surface area contributed by atoms with Crippen LogP contribution >= 0.6 is 11.8 Å². The molecule has 1 unspecified atom stereocenters. The molecule has 0 heterocycles. The number of hydrogen-bond acceptors (Lipinski definition) is 3. The van der Waals surface area contributed by atoms with E-state index < -0.39 is 5.79 Å². The van der Waals surface area contributed by atoms with E-state index in [1.807, 2.05) is 11.8 Å². The van der Waals surface area contributed by atoms with Crippen LogP contribution in [0.3, 0.4) is 0 Å². The zero-order valence-electron chi connectivity index (χ0n) is 16.0. The summed E-state index contributed by atoms with van der Waals surface area (Å²) in [7, 11) is 0. The van der Waals surface area contributed by atoms with Crippen molar-refractivity contribution in [3.63, 3.8) is 0 Å². The molecule has 0 saturated heterocycles. The van der Waals surface area contributed by atoms with Gasteiger partial charge in [0.1, 0.15) is 0 Å². The molecule has 1 N–H and O–H groups in total. The Morgan fingerprint density at radius 1 is 1.00 bits per heavy atom. The molecule has 0 amide bonds. The molecule has 0 aromatic heterocycles. The smallest absolute Gasteiger partial charge is 0.160 e. The molecule has 3 heteroatoms. The van der Waals surface area contributed by atoms with Gasteiger partial charge in [-0.1, -0.05) is 58.1 Å². The SMILES string of the molecule is CCCCCCCC(CCc1ccc(SCC)cc1)OC(C)(C)O. The van der Waals surface area contributed by atoms with Crippen molar-refractivity contribution in [2.45, 2.75) is 95.8 Å². The summed E-state index contributed by atoms with van der Waals surface area (Å²) in [5, 5.41) is 10.00. The monoisotopic (exact) mass is 352 g/mol. The Kier molecular flexibility index (Phi) is 10.7. The second-order valence-electron chi connectivity index (χ2n) is 7.01. The lowest BCUT2D eigenvalue weighted by Crippen LogP contribution is -2.30. The third kappa shape index (κ3) is 10.4. The van der Waals surface area contributed by atoms with Crippen molar-refractivity contribution in [1.29, 1.82) is 0 Å². The molecule has 1 atom stereocenters. The molecule has 0 aliphatic rings. The molecule has 1 aromatic carbocycles. The molecule has 24 heavy (non-hydrogen) atoms. The van der Waals surface area contributed by atoms with Crippen LogP contribution in [-0.4, -0.2) is 22.8 Å². The molecule has 0 aliphatic carbocycles. The van der Waals surface area contributed by atoms with Gasteiger partial charge in [0.05, 0.1) is 6.10 Å². The van der Waals surface area contributed by atoms with Gasteiger partial charge >= 0.3 is 0 Å². The van der Waals surface area contributed by atoms with Gasteiger partial charge in [-0.15, -0.1) is 11.8 Å². The predicted molar refractivity (Wildman–Crippen MR) is 106 cm³/mol. The minimum Gasteiger partial charge on any atom is -0.366 e. The molecule has 0 spiro atoms. The summed E-state index contributed by atoms with van der Waals surface area (Å²) in [5.41, 5.74) is 1.35. The molecule has 1 aromatic rings. The topological polar surface area (TPSA) is 29.5 Å². The summed E-state index contributed by atoms with van der Waals surface area (Å²) < 4.78 is 5.88. The van der Waals surface area contributed by atoms with Crippen molar-refractivity contribution in [3.05, 3.63) is 29.8 Å². The van der Waals surface area contributed by atoms with Gasteiger partial charge in [-0.2, -0.15) is 0 Å². The van der Waals surface area contributed by atoms with E-state index in [9.17, 15) is 5.11 Å². The second-order valence-corrected chi connectivity index (χ2v) is 8.34. The summed E-state index contributed by atoms with van der Waals surface area (Å²) in [5.74, 6) is 0.0641. The van der Waals surface area contributed by atoms with Crippen molar-refractivity contribution in [3.8, 4) is 0 Å². The van der Waals surface area contributed by atoms with E-state index in [1.165, 1.54) is 42.6 Å². The first-order chi connectivity index (χ1) is 11.4. The van der Waals surface area contributed by atoms with E-state index in [1.54, 1.807) is 13.8 Å². The van der Waals surface area contributed by atoms with Gasteiger partial charge in [-0.05, 0) is 56.6 Å². The Labute approximate surface area is 153 Å². The Morgan fingerprint density at radius 2 is 1.67 bits per heavy atom. The molecule has 138 valence electrons. The van der Waals surface area contributed by atoms with Crippen LogP contribution in [0, 0.1) is 0 Å². The fourth-order valence-corrected chi connectivity index (χ4v) is 3.55. The third-order valence-electron chi connectivity index (χ3n) is 4.07. The van der Waals surface area contributed by atoms with Gasteiger partial charge in [0, 0.05) is 4.90 Å². The minimum atomic E-state index is -1.05. The number of thioether (sulfide) groups is 1. The van der Waals surface area contributed by atoms with E-state index >= 15 is 0 Å². The van der Waals surface area contributed by atoms with Crippen LogP contribution in [0.5, 0.6) is 0 Å². The maximum absolute atomic E-state index is 10.00. The van der Waals surface area contributed by atoms with Crippen LogP contribution in [-0.2, 0) is 11.2 Å². The molecule has 1 rings (SSSR count). The van der Waals surface area contributed by atoms with Crippen LogP contribution < -0.4 is 0 Å².